The number of anilines is 1. The topological polar surface area (TPSA) is 54.2 Å². The van der Waals surface area contributed by atoms with Gasteiger partial charge in [-0.25, -0.2) is 4.98 Å². The van der Waals surface area contributed by atoms with Crippen molar-refractivity contribution in [1.29, 1.82) is 0 Å². The lowest BCUT2D eigenvalue weighted by atomic mass is 10.1. The fraction of sp³-hybridized carbons (Fsp3) is 0.462. The second-order valence-electron chi connectivity index (χ2n) is 7.97. The van der Waals surface area contributed by atoms with Crippen LogP contribution in [-0.2, 0) is 0 Å². The van der Waals surface area contributed by atoms with Gasteiger partial charge in [0.05, 0.1) is 16.4 Å². The molecule has 2 aromatic heterocycles. The van der Waals surface area contributed by atoms with Crippen LogP contribution < -0.4 is 10.6 Å². The maximum atomic E-state index is 4.84. The lowest BCUT2D eigenvalue weighted by molar-refractivity contribution is 0.571. The van der Waals surface area contributed by atoms with E-state index < -0.39 is 0 Å². The summed E-state index contributed by atoms with van der Waals surface area (Å²) in [6.07, 6.45) is 13.4. The SMILES string of the molecule is C=C/C(=C(C)\C=C/CC)c1cc(NCCCCNCC(C)/C=C\SCC)n2ncc(Br)c2n1. The van der Waals surface area contributed by atoms with Crippen LogP contribution in [0.4, 0.5) is 5.82 Å². The van der Waals surface area contributed by atoms with E-state index in [1.807, 2.05) is 22.4 Å². The first-order valence-electron chi connectivity index (χ1n) is 11.8. The second kappa shape index (κ2) is 15.1. The molecule has 7 heteroatoms. The molecule has 0 aliphatic rings. The maximum absolute atomic E-state index is 4.84. The summed E-state index contributed by atoms with van der Waals surface area (Å²) in [5.74, 6) is 2.63. The number of hydrogen-bond donors (Lipinski definition) is 2. The van der Waals surface area contributed by atoms with Gasteiger partial charge in [0, 0.05) is 24.7 Å². The lowest BCUT2D eigenvalue weighted by Crippen LogP contribution is -2.21. The van der Waals surface area contributed by atoms with Crippen molar-refractivity contribution in [3.05, 3.63) is 64.3 Å². The fourth-order valence-electron chi connectivity index (χ4n) is 3.33. The second-order valence-corrected chi connectivity index (χ2v) is 10.0. The molecule has 0 amide bonds. The van der Waals surface area contributed by atoms with Gasteiger partial charge >= 0.3 is 0 Å². The minimum absolute atomic E-state index is 0.562. The van der Waals surface area contributed by atoms with E-state index in [1.165, 1.54) is 0 Å². The van der Waals surface area contributed by atoms with Crippen molar-refractivity contribution in [1.82, 2.24) is 19.9 Å². The van der Waals surface area contributed by atoms with E-state index in [4.69, 9.17) is 4.98 Å². The molecule has 0 saturated carbocycles. The number of halogens is 1. The van der Waals surface area contributed by atoms with Crippen molar-refractivity contribution in [2.24, 2.45) is 5.92 Å². The van der Waals surface area contributed by atoms with E-state index in [0.29, 0.717) is 5.92 Å². The molecule has 1 atom stereocenters. The predicted octanol–water partition coefficient (Wildman–Crippen LogP) is 7.10. The Hall–Kier alpha value is -1.83. The van der Waals surface area contributed by atoms with Gasteiger partial charge in [-0.05, 0) is 71.3 Å². The van der Waals surface area contributed by atoms with E-state index in [0.717, 1.165) is 77.4 Å². The Morgan fingerprint density at radius 3 is 2.82 bits per heavy atom. The highest BCUT2D eigenvalue weighted by Gasteiger charge is 2.12. The molecule has 2 aromatic rings. The van der Waals surface area contributed by atoms with Crippen molar-refractivity contribution in [2.45, 2.75) is 47.0 Å². The standard InChI is InChI=1S/C26H38BrN5S/c1-6-9-12-21(5)22(7-2)24-17-25(32-26(31-24)23(27)19-30-32)29-15-11-10-14-28-18-20(4)13-16-33-8-3/h7,9,12-13,16-17,19-20,28-29H,2,6,8,10-11,14-15,18H2,1,3-5H3/b12-9-,16-13-,22-21+. The quantitative estimate of drug-likeness (QED) is 0.189. The molecule has 2 heterocycles. The van der Waals surface area contributed by atoms with Crippen LogP contribution in [0.3, 0.4) is 0 Å². The number of rotatable bonds is 15. The van der Waals surface area contributed by atoms with Gasteiger partial charge in [0.15, 0.2) is 5.65 Å². The molecular weight excluding hydrogens is 494 g/mol. The molecule has 0 bridgehead atoms. The van der Waals surface area contributed by atoms with Crippen molar-refractivity contribution < 1.29 is 0 Å². The molecule has 0 aromatic carbocycles. The number of nitrogens with one attached hydrogen (secondary N) is 2. The Balaban J connectivity index is 1.98. The van der Waals surface area contributed by atoms with Crippen LogP contribution in [0.25, 0.3) is 11.2 Å². The summed E-state index contributed by atoms with van der Waals surface area (Å²) in [5, 5.41) is 13.8. The third-order valence-corrected chi connectivity index (χ3v) is 6.40. The summed E-state index contributed by atoms with van der Waals surface area (Å²) in [6.45, 7) is 15.6. The van der Waals surface area contributed by atoms with Crippen LogP contribution in [0.15, 0.2) is 58.6 Å². The molecule has 2 N–H and O–H groups in total. The van der Waals surface area contributed by atoms with Gasteiger partial charge in [-0.3, -0.25) is 0 Å². The smallest absolute Gasteiger partial charge is 0.172 e. The van der Waals surface area contributed by atoms with Crippen LogP contribution in [0, 0.1) is 5.92 Å². The monoisotopic (exact) mass is 531 g/mol. The largest absolute Gasteiger partial charge is 0.370 e. The molecule has 0 radical (unpaired) electrons. The molecule has 1 unspecified atom stereocenters. The predicted molar refractivity (Wildman–Crippen MR) is 150 cm³/mol. The van der Waals surface area contributed by atoms with Crippen LogP contribution in [0.5, 0.6) is 0 Å². The average molecular weight is 533 g/mol. The lowest BCUT2D eigenvalue weighted by Gasteiger charge is -2.13. The van der Waals surface area contributed by atoms with Gasteiger partial charge in [-0.1, -0.05) is 51.7 Å². The Kier molecular flexibility index (Phi) is 12.6. The zero-order valence-corrected chi connectivity index (χ0v) is 22.8. The first-order valence-corrected chi connectivity index (χ1v) is 13.6. The van der Waals surface area contributed by atoms with Gasteiger partial charge in [0.2, 0.25) is 0 Å². The summed E-state index contributed by atoms with van der Waals surface area (Å²) in [4.78, 5) is 4.84. The molecule has 0 spiro atoms. The number of thioether (sulfide) groups is 1. The average Bonchev–Trinajstić information content (AvgIpc) is 3.18. The first kappa shape index (κ1) is 27.4. The highest BCUT2D eigenvalue weighted by atomic mass is 79.9. The minimum Gasteiger partial charge on any atom is -0.370 e. The summed E-state index contributed by atoms with van der Waals surface area (Å²) in [6, 6.07) is 2.06. The third-order valence-electron chi connectivity index (χ3n) is 5.16. The zero-order valence-electron chi connectivity index (χ0n) is 20.4. The fourth-order valence-corrected chi connectivity index (χ4v) is 4.25. The summed E-state index contributed by atoms with van der Waals surface area (Å²) >= 11 is 5.44. The number of unbranched alkanes of at least 4 members (excludes halogenated alkanes) is 1. The van der Waals surface area contributed by atoms with E-state index in [9.17, 15) is 0 Å². The molecule has 0 saturated heterocycles. The molecule has 33 heavy (non-hydrogen) atoms. The van der Waals surface area contributed by atoms with Gasteiger partial charge < -0.3 is 10.6 Å². The van der Waals surface area contributed by atoms with Crippen molar-refractivity contribution in [3.63, 3.8) is 0 Å². The molecular formula is C26H38BrN5S. The summed E-state index contributed by atoms with van der Waals surface area (Å²) < 4.78 is 2.73. The van der Waals surface area contributed by atoms with Crippen LogP contribution >= 0.6 is 27.7 Å². The summed E-state index contributed by atoms with van der Waals surface area (Å²) in [7, 11) is 0. The molecule has 2 rings (SSSR count). The van der Waals surface area contributed by atoms with Gasteiger partial charge in [0.1, 0.15) is 5.82 Å². The Morgan fingerprint density at radius 2 is 2.09 bits per heavy atom. The minimum atomic E-state index is 0.562. The van der Waals surface area contributed by atoms with Gasteiger partial charge in [-0.2, -0.15) is 9.61 Å². The van der Waals surface area contributed by atoms with Crippen molar-refractivity contribution in [3.8, 4) is 0 Å². The van der Waals surface area contributed by atoms with E-state index in [1.54, 1.807) is 6.20 Å². The normalized spacial score (nSPS) is 13.7. The number of hydrogen-bond acceptors (Lipinski definition) is 5. The van der Waals surface area contributed by atoms with Crippen LogP contribution in [0.1, 0.15) is 52.7 Å². The Labute approximate surface area is 212 Å². The molecule has 5 nitrogen and oxygen atoms in total. The molecule has 180 valence electrons. The third kappa shape index (κ3) is 8.80. The van der Waals surface area contributed by atoms with E-state index >= 15 is 0 Å². The van der Waals surface area contributed by atoms with Gasteiger partial charge in [-0.15, -0.1) is 11.8 Å². The Bertz CT molecular complexity index is 976. The van der Waals surface area contributed by atoms with E-state index in [2.05, 4.69) is 95.6 Å². The Morgan fingerprint density at radius 1 is 1.30 bits per heavy atom. The zero-order chi connectivity index (χ0) is 24.1. The van der Waals surface area contributed by atoms with Crippen LogP contribution in [0.2, 0.25) is 0 Å². The molecule has 0 aliphatic carbocycles. The highest BCUT2D eigenvalue weighted by Crippen LogP contribution is 2.26. The molecule has 0 aliphatic heterocycles. The first-order chi connectivity index (χ1) is 16.0. The van der Waals surface area contributed by atoms with Crippen LogP contribution in [-0.4, -0.2) is 40.0 Å². The highest BCUT2D eigenvalue weighted by molar-refractivity contribution is 9.10. The van der Waals surface area contributed by atoms with Crippen molar-refractivity contribution in [2.75, 3.05) is 30.7 Å². The summed E-state index contributed by atoms with van der Waals surface area (Å²) in [5.41, 5.74) is 3.87. The molecule has 0 fully saturated rings. The number of nitrogens with zero attached hydrogens (tertiary/aromatic N) is 3. The number of fused-ring (bicyclic) bond motifs is 1. The van der Waals surface area contributed by atoms with Crippen molar-refractivity contribution >= 4 is 44.7 Å². The maximum Gasteiger partial charge on any atom is 0.172 e. The number of aromatic nitrogens is 3. The number of allylic oxidation sites excluding steroid dienone is 5. The van der Waals surface area contributed by atoms with E-state index in [-0.39, 0.29) is 0 Å². The van der Waals surface area contributed by atoms with Gasteiger partial charge in [0.25, 0.3) is 0 Å².